The number of ether oxygens (including phenoxy) is 2. The van der Waals surface area contributed by atoms with Gasteiger partial charge in [-0.15, -0.1) is 0 Å². The molecule has 0 amide bonds. The van der Waals surface area contributed by atoms with Crippen LogP contribution in [0.3, 0.4) is 0 Å². The van der Waals surface area contributed by atoms with E-state index in [2.05, 4.69) is 55.4 Å². The number of hydrogen-bond acceptors (Lipinski definition) is 4. The third-order valence-corrected chi connectivity index (χ3v) is 9.09. The summed E-state index contributed by atoms with van der Waals surface area (Å²) in [6.45, 7) is 18.3. The highest BCUT2D eigenvalue weighted by atomic mass is 16.5. The largest absolute Gasteiger partial charge is 0.487 e. The van der Waals surface area contributed by atoms with E-state index < -0.39 is 0 Å². The predicted octanol–water partition coefficient (Wildman–Crippen LogP) is 10.1. The van der Waals surface area contributed by atoms with Crippen LogP contribution >= 0.6 is 0 Å². The summed E-state index contributed by atoms with van der Waals surface area (Å²) in [5.41, 5.74) is 18.0. The predicted molar refractivity (Wildman–Crippen MR) is 168 cm³/mol. The summed E-state index contributed by atoms with van der Waals surface area (Å²) in [6, 6.07) is 5.39. The van der Waals surface area contributed by atoms with Crippen LogP contribution in [0.5, 0.6) is 17.2 Å². The first-order chi connectivity index (χ1) is 18.4. The van der Waals surface area contributed by atoms with Crippen LogP contribution in [0.15, 0.2) is 18.2 Å². The average Bonchev–Trinajstić information content (AvgIpc) is 2.87. The Morgan fingerprint density at radius 3 is 2.10 bits per heavy atom. The molecule has 0 bridgehead atoms. The molecule has 0 aliphatic carbocycles. The molecule has 1 aliphatic rings. The molecule has 0 spiro atoms. The normalized spacial score (nSPS) is 18.5. The number of nitrogens with two attached hydrogens (primary N) is 2. The zero-order chi connectivity index (χ0) is 28.7. The lowest BCUT2D eigenvalue weighted by atomic mass is 9.83. The quantitative estimate of drug-likeness (QED) is 0.236. The van der Waals surface area contributed by atoms with Gasteiger partial charge >= 0.3 is 0 Å². The van der Waals surface area contributed by atoms with Crippen LogP contribution in [0.25, 0.3) is 0 Å². The summed E-state index contributed by atoms with van der Waals surface area (Å²) in [6.07, 6.45) is 13.9. The van der Waals surface area contributed by atoms with Crippen molar-refractivity contribution in [1.82, 2.24) is 0 Å². The lowest BCUT2D eigenvalue weighted by Crippen LogP contribution is -2.37. The van der Waals surface area contributed by atoms with Crippen molar-refractivity contribution in [1.29, 1.82) is 0 Å². The molecule has 1 aliphatic heterocycles. The maximum atomic E-state index is 6.81. The molecule has 4 nitrogen and oxygen atoms in total. The van der Waals surface area contributed by atoms with E-state index in [0.29, 0.717) is 17.1 Å². The summed E-state index contributed by atoms with van der Waals surface area (Å²) < 4.78 is 13.2. The van der Waals surface area contributed by atoms with Gasteiger partial charge in [0.15, 0.2) is 5.75 Å². The smallest absolute Gasteiger partial charge is 0.152 e. The SMILES string of the molecule is Cc1c(C)c2c(c(C)c1Oc1cc(N)ccc1N)CCC(C)(CCCC(C)CCCC(C)CCCC(C)C)O2. The summed E-state index contributed by atoms with van der Waals surface area (Å²) in [5, 5.41) is 0. The molecule has 0 saturated heterocycles. The van der Waals surface area contributed by atoms with Gasteiger partial charge in [0.25, 0.3) is 0 Å². The summed E-state index contributed by atoms with van der Waals surface area (Å²) in [4.78, 5) is 0. The van der Waals surface area contributed by atoms with Crippen molar-refractivity contribution in [3.63, 3.8) is 0 Å². The van der Waals surface area contributed by atoms with Gasteiger partial charge in [0, 0.05) is 17.3 Å². The lowest BCUT2D eigenvalue weighted by molar-refractivity contribution is 0.0512. The Balaban J connectivity index is 1.54. The van der Waals surface area contributed by atoms with Crippen molar-refractivity contribution >= 4 is 11.4 Å². The molecule has 39 heavy (non-hydrogen) atoms. The van der Waals surface area contributed by atoms with Gasteiger partial charge in [-0.1, -0.05) is 72.6 Å². The van der Waals surface area contributed by atoms with E-state index >= 15 is 0 Å². The molecule has 3 unspecified atom stereocenters. The van der Waals surface area contributed by atoms with E-state index in [1.807, 2.05) is 0 Å². The van der Waals surface area contributed by atoms with Crippen LogP contribution in [0, 0.1) is 38.5 Å². The Hall–Kier alpha value is -2.36. The van der Waals surface area contributed by atoms with E-state index in [-0.39, 0.29) is 5.60 Å². The Morgan fingerprint density at radius 2 is 1.46 bits per heavy atom. The van der Waals surface area contributed by atoms with E-state index in [9.17, 15) is 0 Å². The van der Waals surface area contributed by atoms with Crippen molar-refractivity contribution in [2.75, 3.05) is 11.5 Å². The van der Waals surface area contributed by atoms with Crippen molar-refractivity contribution in [3.05, 3.63) is 40.5 Å². The molecule has 0 aromatic heterocycles. The minimum atomic E-state index is -0.109. The number of benzene rings is 2. The molecular formula is C35H56N2O2. The van der Waals surface area contributed by atoms with E-state index in [1.54, 1.807) is 18.2 Å². The summed E-state index contributed by atoms with van der Waals surface area (Å²) in [7, 11) is 0. The minimum Gasteiger partial charge on any atom is -0.487 e. The van der Waals surface area contributed by atoms with Gasteiger partial charge in [0.1, 0.15) is 17.1 Å². The molecule has 4 heteroatoms. The van der Waals surface area contributed by atoms with Gasteiger partial charge in [-0.05, 0) is 100.0 Å². The maximum Gasteiger partial charge on any atom is 0.152 e. The third kappa shape index (κ3) is 8.56. The molecule has 0 saturated carbocycles. The molecule has 218 valence electrons. The van der Waals surface area contributed by atoms with Gasteiger partial charge in [-0.2, -0.15) is 0 Å². The second kappa shape index (κ2) is 13.8. The fourth-order valence-corrected chi connectivity index (χ4v) is 6.16. The number of anilines is 2. The van der Waals surface area contributed by atoms with Crippen LogP contribution in [0.4, 0.5) is 11.4 Å². The molecule has 2 aromatic carbocycles. The Morgan fingerprint density at radius 1 is 0.846 bits per heavy atom. The first-order valence-corrected chi connectivity index (χ1v) is 15.5. The van der Waals surface area contributed by atoms with Crippen LogP contribution in [0.2, 0.25) is 0 Å². The van der Waals surface area contributed by atoms with Gasteiger partial charge in [0.2, 0.25) is 0 Å². The fourth-order valence-electron chi connectivity index (χ4n) is 6.16. The highest BCUT2D eigenvalue weighted by Crippen LogP contribution is 2.46. The molecule has 4 N–H and O–H groups in total. The second-order valence-corrected chi connectivity index (χ2v) is 13.3. The number of hydrogen-bond donors (Lipinski definition) is 2. The molecule has 0 fully saturated rings. The van der Waals surface area contributed by atoms with Gasteiger partial charge in [0.05, 0.1) is 5.69 Å². The van der Waals surface area contributed by atoms with Crippen LogP contribution in [0.1, 0.15) is 121 Å². The highest BCUT2D eigenvalue weighted by Gasteiger charge is 2.34. The van der Waals surface area contributed by atoms with Crippen molar-refractivity contribution < 1.29 is 9.47 Å². The fraction of sp³-hybridized carbons (Fsp3) is 0.657. The van der Waals surface area contributed by atoms with Crippen molar-refractivity contribution in [2.24, 2.45) is 17.8 Å². The van der Waals surface area contributed by atoms with E-state index in [0.717, 1.165) is 65.2 Å². The Labute approximate surface area is 239 Å². The van der Waals surface area contributed by atoms with Crippen LogP contribution in [-0.4, -0.2) is 5.60 Å². The Kier molecular flexibility index (Phi) is 11.0. The molecule has 3 atom stereocenters. The molecule has 3 rings (SSSR count). The first kappa shape index (κ1) is 31.2. The number of rotatable bonds is 14. The maximum absolute atomic E-state index is 6.81. The number of nitrogen functional groups attached to an aromatic ring is 2. The van der Waals surface area contributed by atoms with E-state index in [1.165, 1.54) is 56.9 Å². The number of fused-ring (bicyclic) bond motifs is 1. The minimum absolute atomic E-state index is 0.109. The molecular weight excluding hydrogens is 480 g/mol. The Bertz CT molecular complexity index is 1090. The van der Waals surface area contributed by atoms with Gasteiger partial charge in [-0.3, -0.25) is 0 Å². The summed E-state index contributed by atoms with van der Waals surface area (Å²) >= 11 is 0. The van der Waals surface area contributed by atoms with Gasteiger partial charge < -0.3 is 20.9 Å². The van der Waals surface area contributed by atoms with Crippen molar-refractivity contribution in [3.8, 4) is 17.2 Å². The van der Waals surface area contributed by atoms with E-state index in [4.69, 9.17) is 20.9 Å². The summed E-state index contributed by atoms with van der Waals surface area (Å²) in [5.74, 6) is 5.04. The zero-order valence-corrected chi connectivity index (χ0v) is 26.2. The highest BCUT2D eigenvalue weighted by molar-refractivity contribution is 5.64. The van der Waals surface area contributed by atoms with Crippen LogP contribution in [-0.2, 0) is 6.42 Å². The topological polar surface area (TPSA) is 70.5 Å². The monoisotopic (exact) mass is 536 g/mol. The van der Waals surface area contributed by atoms with Crippen molar-refractivity contribution in [2.45, 2.75) is 132 Å². The second-order valence-electron chi connectivity index (χ2n) is 13.3. The lowest BCUT2D eigenvalue weighted by Gasteiger charge is -2.38. The van der Waals surface area contributed by atoms with Gasteiger partial charge in [-0.25, -0.2) is 0 Å². The van der Waals surface area contributed by atoms with Crippen LogP contribution < -0.4 is 20.9 Å². The first-order valence-electron chi connectivity index (χ1n) is 15.5. The average molecular weight is 537 g/mol. The zero-order valence-electron chi connectivity index (χ0n) is 26.2. The molecule has 2 aromatic rings. The third-order valence-electron chi connectivity index (χ3n) is 9.09. The standard InChI is InChI=1S/C35H56N2O2/c1-23(2)12-9-13-24(3)14-10-15-25(4)16-11-20-35(8)21-19-30-28(7)33(26(5)27(6)34(30)39-35)38-32-22-29(36)17-18-31(32)37/h17-18,22-25H,9-16,19-21,36-37H2,1-8H3. The molecule has 0 radical (unpaired) electrons. The molecule has 1 heterocycles.